The Balaban J connectivity index is 1.64. The molecule has 0 fully saturated rings. The molecule has 0 N–H and O–H groups in total. The Morgan fingerprint density at radius 3 is 2.66 bits per heavy atom. The van der Waals surface area contributed by atoms with Crippen LogP contribution in [-0.4, -0.2) is 23.8 Å². The van der Waals surface area contributed by atoms with E-state index in [1.54, 1.807) is 11.5 Å². The molecule has 2 aromatic carbocycles. The minimum atomic E-state index is -0.629. The number of methoxy groups -OCH3 is 1. The highest BCUT2D eigenvalue weighted by molar-refractivity contribution is 7.07. The summed E-state index contributed by atoms with van der Waals surface area (Å²) >= 11 is 1.30. The van der Waals surface area contributed by atoms with Crippen LogP contribution in [0.4, 0.5) is 0 Å². The summed E-state index contributed by atoms with van der Waals surface area (Å²) in [7, 11) is 1.33. The van der Waals surface area contributed by atoms with E-state index in [0.29, 0.717) is 20.6 Å². The van der Waals surface area contributed by atoms with E-state index in [9.17, 15) is 9.59 Å². The van der Waals surface area contributed by atoms with Gasteiger partial charge in [0, 0.05) is 5.56 Å². The molecular formula is C28H24N2O4S. The van der Waals surface area contributed by atoms with Gasteiger partial charge in [0.15, 0.2) is 4.80 Å². The van der Waals surface area contributed by atoms with Crippen LogP contribution in [0, 0.1) is 0 Å². The predicted molar refractivity (Wildman–Crippen MR) is 138 cm³/mol. The number of ether oxygens (including phenoxy) is 2. The zero-order chi connectivity index (χ0) is 24.5. The quantitative estimate of drug-likeness (QED) is 0.527. The second kappa shape index (κ2) is 9.35. The second-order valence-electron chi connectivity index (χ2n) is 8.33. The van der Waals surface area contributed by atoms with Gasteiger partial charge in [0.05, 0.1) is 29.0 Å². The molecule has 0 radical (unpaired) electrons. The zero-order valence-corrected chi connectivity index (χ0v) is 20.4. The molecule has 2 atom stereocenters. The van der Waals surface area contributed by atoms with Crippen molar-refractivity contribution < 1.29 is 14.3 Å². The van der Waals surface area contributed by atoms with Gasteiger partial charge in [0.1, 0.15) is 11.9 Å². The molecule has 35 heavy (non-hydrogen) atoms. The highest BCUT2D eigenvalue weighted by Crippen LogP contribution is 2.30. The van der Waals surface area contributed by atoms with Crippen molar-refractivity contribution in [3.8, 4) is 5.75 Å². The summed E-state index contributed by atoms with van der Waals surface area (Å²) in [6.07, 6.45) is 7.45. The Kier molecular flexibility index (Phi) is 6.09. The molecule has 2 aliphatic rings. The van der Waals surface area contributed by atoms with E-state index < -0.39 is 12.0 Å². The van der Waals surface area contributed by atoms with E-state index in [-0.39, 0.29) is 11.7 Å². The van der Waals surface area contributed by atoms with E-state index in [1.165, 1.54) is 18.4 Å². The lowest BCUT2D eigenvalue weighted by Gasteiger charge is -2.22. The van der Waals surface area contributed by atoms with Gasteiger partial charge in [0.25, 0.3) is 5.56 Å². The molecule has 3 heterocycles. The van der Waals surface area contributed by atoms with Gasteiger partial charge in [-0.1, -0.05) is 72.0 Å². The number of carbonyl (C=O) groups excluding carboxylic acids is 1. The molecule has 0 saturated heterocycles. The number of hydrogen-bond acceptors (Lipinski definition) is 6. The van der Waals surface area contributed by atoms with Gasteiger partial charge in [-0.2, -0.15) is 0 Å². The summed E-state index contributed by atoms with van der Waals surface area (Å²) in [6, 6.07) is 16.9. The number of hydrogen-bond donors (Lipinski definition) is 0. The SMILES string of the molecule is COC(=O)C1=C(C)N=c2s/c(=C\C3=Cc4ccccc4OC3C)c(=O)n2C1/C=C/c1ccccc1. The van der Waals surface area contributed by atoms with Gasteiger partial charge < -0.3 is 9.47 Å². The van der Waals surface area contributed by atoms with Crippen molar-refractivity contribution >= 4 is 35.5 Å². The van der Waals surface area contributed by atoms with Crippen LogP contribution in [0.1, 0.15) is 31.0 Å². The predicted octanol–water partition coefficient (Wildman–Crippen LogP) is 3.89. The maximum Gasteiger partial charge on any atom is 0.338 e. The summed E-state index contributed by atoms with van der Waals surface area (Å²) in [5.74, 6) is 0.319. The van der Waals surface area contributed by atoms with Crippen LogP contribution in [-0.2, 0) is 9.53 Å². The van der Waals surface area contributed by atoms with Crippen molar-refractivity contribution in [1.82, 2.24) is 4.57 Å². The number of rotatable bonds is 4. The van der Waals surface area contributed by atoms with Crippen LogP contribution in [0.3, 0.4) is 0 Å². The first kappa shape index (κ1) is 22.8. The van der Waals surface area contributed by atoms with E-state index in [4.69, 9.17) is 9.47 Å². The standard InChI is InChI=1S/C28H24N2O4S/c1-17-25(27(32)33-3)22(14-13-19-9-5-4-6-10-19)30-26(31)24(35-28(30)29-17)16-21-15-20-11-7-8-12-23(20)34-18(21)2/h4-16,18,22H,1-3H3/b14-13+,24-16-. The molecule has 0 bridgehead atoms. The van der Waals surface area contributed by atoms with Crippen LogP contribution in [0.5, 0.6) is 5.75 Å². The molecule has 0 amide bonds. The van der Waals surface area contributed by atoms with Crippen molar-refractivity contribution in [2.45, 2.75) is 26.0 Å². The first-order chi connectivity index (χ1) is 17.0. The van der Waals surface area contributed by atoms with Crippen molar-refractivity contribution in [3.63, 3.8) is 0 Å². The van der Waals surface area contributed by atoms with Gasteiger partial charge in [-0.3, -0.25) is 9.36 Å². The van der Waals surface area contributed by atoms with Gasteiger partial charge in [-0.15, -0.1) is 0 Å². The van der Waals surface area contributed by atoms with Gasteiger partial charge >= 0.3 is 5.97 Å². The maximum absolute atomic E-state index is 13.6. The lowest BCUT2D eigenvalue weighted by molar-refractivity contribution is -0.136. The molecule has 1 aromatic heterocycles. The molecule has 7 heteroatoms. The third-order valence-corrected chi connectivity index (χ3v) is 7.03. The molecule has 2 unspecified atom stereocenters. The number of nitrogens with zero attached hydrogens (tertiary/aromatic N) is 2. The number of benzene rings is 2. The van der Waals surface area contributed by atoms with E-state index in [0.717, 1.165) is 22.4 Å². The number of thiazole rings is 1. The minimum Gasteiger partial charge on any atom is -0.485 e. The van der Waals surface area contributed by atoms with Crippen molar-refractivity contribution in [1.29, 1.82) is 0 Å². The van der Waals surface area contributed by atoms with Crippen LogP contribution in [0.25, 0.3) is 18.2 Å². The lowest BCUT2D eigenvalue weighted by Crippen LogP contribution is -2.38. The fourth-order valence-electron chi connectivity index (χ4n) is 4.26. The molecule has 6 nitrogen and oxygen atoms in total. The fraction of sp³-hybridized carbons (Fsp3) is 0.179. The summed E-state index contributed by atoms with van der Waals surface area (Å²) in [5, 5.41) is 0. The smallest absolute Gasteiger partial charge is 0.338 e. The number of para-hydroxylation sites is 1. The molecule has 0 aliphatic carbocycles. The van der Waals surface area contributed by atoms with Gasteiger partial charge in [-0.25, -0.2) is 9.79 Å². The molecule has 0 saturated carbocycles. The average Bonchev–Trinajstić information content (AvgIpc) is 3.17. The number of aromatic nitrogens is 1. The van der Waals surface area contributed by atoms with Crippen molar-refractivity contribution in [2.75, 3.05) is 7.11 Å². The number of carbonyl (C=O) groups is 1. The van der Waals surface area contributed by atoms with Crippen LogP contribution < -0.4 is 19.6 Å². The summed E-state index contributed by atoms with van der Waals surface area (Å²) in [5.41, 5.74) is 3.50. The Labute approximate surface area is 206 Å². The number of fused-ring (bicyclic) bond motifs is 2. The Bertz CT molecular complexity index is 1570. The van der Waals surface area contributed by atoms with Crippen LogP contribution in [0.15, 0.2) is 87.3 Å². The minimum absolute atomic E-state index is 0.204. The van der Waals surface area contributed by atoms with Crippen molar-refractivity contribution in [2.24, 2.45) is 4.99 Å². The topological polar surface area (TPSA) is 69.9 Å². The van der Waals surface area contributed by atoms with E-state index in [2.05, 4.69) is 4.99 Å². The number of allylic oxidation sites excluding steroid dienone is 2. The lowest BCUT2D eigenvalue weighted by atomic mass is 10.0. The Morgan fingerprint density at radius 2 is 1.89 bits per heavy atom. The average molecular weight is 485 g/mol. The molecule has 5 rings (SSSR count). The summed E-state index contributed by atoms with van der Waals surface area (Å²) in [6.45, 7) is 3.73. The Hall–Kier alpha value is -3.97. The largest absolute Gasteiger partial charge is 0.485 e. The molecular weight excluding hydrogens is 460 g/mol. The highest BCUT2D eigenvalue weighted by atomic mass is 32.1. The second-order valence-corrected chi connectivity index (χ2v) is 9.34. The molecule has 0 spiro atoms. The van der Waals surface area contributed by atoms with Gasteiger partial charge in [0.2, 0.25) is 0 Å². The first-order valence-electron chi connectivity index (χ1n) is 11.3. The molecule has 2 aliphatic heterocycles. The van der Waals surface area contributed by atoms with E-state index >= 15 is 0 Å². The summed E-state index contributed by atoms with van der Waals surface area (Å²) < 4.78 is 13.2. The van der Waals surface area contributed by atoms with E-state index in [1.807, 2.05) is 85.8 Å². The third-order valence-electron chi connectivity index (χ3n) is 6.05. The molecule has 176 valence electrons. The third kappa shape index (κ3) is 4.31. The fourth-order valence-corrected chi connectivity index (χ4v) is 5.31. The maximum atomic E-state index is 13.6. The summed E-state index contributed by atoms with van der Waals surface area (Å²) in [4.78, 5) is 31.4. The van der Waals surface area contributed by atoms with Crippen LogP contribution >= 0.6 is 11.3 Å². The van der Waals surface area contributed by atoms with Gasteiger partial charge in [-0.05, 0) is 43.2 Å². The van der Waals surface area contributed by atoms with Crippen LogP contribution in [0.2, 0.25) is 0 Å². The monoisotopic (exact) mass is 484 g/mol. The zero-order valence-electron chi connectivity index (χ0n) is 19.6. The normalized spacial score (nSPS) is 19.5. The van der Waals surface area contributed by atoms with Crippen molar-refractivity contribution in [3.05, 3.63) is 108 Å². The molecule has 3 aromatic rings. The Morgan fingerprint density at radius 1 is 1.14 bits per heavy atom. The highest BCUT2D eigenvalue weighted by Gasteiger charge is 2.30. The first-order valence-corrected chi connectivity index (χ1v) is 12.1. The number of esters is 1.